The first-order valence-electron chi connectivity index (χ1n) is 9.97. The number of urea groups is 1. The second-order valence-corrected chi connectivity index (χ2v) is 8.76. The molecular weight excluding hydrogens is 366 g/mol. The first-order chi connectivity index (χ1) is 13.6. The largest absolute Gasteiger partial charge is 0.334 e. The molecule has 2 N–H and O–H groups in total. The van der Waals surface area contributed by atoms with E-state index in [0.29, 0.717) is 18.9 Å². The molecule has 1 aromatic carbocycles. The van der Waals surface area contributed by atoms with Crippen molar-refractivity contribution >= 4 is 17.8 Å². The molecule has 0 atom stereocenters. The zero-order valence-corrected chi connectivity index (χ0v) is 18.3. The Kier molecular flexibility index (Phi) is 7.42. The topological polar surface area (TPSA) is 79.3 Å². The molecule has 0 unspecified atom stereocenters. The number of hydrogen-bond acceptors (Lipinski definition) is 3. The molecule has 0 saturated heterocycles. The molecule has 1 heterocycles. The molecule has 158 valence electrons. The Morgan fingerprint density at radius 3 is 2.38 bits per heavy atom. The van der Waals surface area contributed by atoms with Crippen LogP contribution in [0.5, 0.6) is 0 Å². The number of nitrogens with zero attached hydrogens (tertiary/aromatic N) is 3. The van der Waals surface area contributed by atoms with Gasteiger partial charge in [0.05, 0.1) is 5.69 Å². The van der Waals surface area contributed by atoms with Crippen LogP contribution < -0.4 is 10.6 Å². The van der Waals surface area contributed by atoms with Crippen LogP contribution in [-0.2, 0) is 23.8 Å². The Morgan fingerprint density at radius 1 is 1.17 bits per heavy atom. The van der Waals surface area contributed by atoms with Crippen LogP contribution >= 0.6 is 0 Å². The van der Waals surface area contributed by atoms with Gasteiger partial charge < -0.3 is 15.5 Å². The molecule has 7 heteroatoms. The normalized spacial score (nSPS) is 11.4. The van der Waals surface area contributed by atoms with Gasteiger partial charge in [-0.3, -0.25) is 9.48 Å². The van der Waals surface area contributed by atoms with E-state index in [9.17, 15) is 9.59 Å². The van der Waals surface area contributed by atoms with Crippen LogP contribution in [0.1, 0.15) is 45.9 Å². The molecule has 0 bridgehead atoms. The number of hydrogen-bond donors (Lipinski definition) is 2. The number of anilines is 1. The fraction of sp³-hybridized carbons (Fsp3) is 0.500. The second-order valence-electron chi connectivity index (χ2n) is 8.76. The molecule has 29 heavy (non-hydrogen) atoms. The first-order valence-corrected chi connectivity index (χ1v) is 9.97. The standard InChI is InChI=1S/C22H33N5O2/c1-16(2)14-27(21(29)23-13-17-10-8-7-9-11-17)15-20(28)24-19-12-18(22(3,4)5)25-26(19)6/h7-12,16H,13-15H2,1-6H3,(H,23,29)(H,24,28). The smallest absolute Gasteiger partial charge is 0.318 e. The van der Waals surface area contributed by atoms with Gasteiger partial charge in [0.1, 0.15) is 12.4 Å². The first kappa shape index (κ1) is 22.5. The molecule has 1 aromatic heterocycles. The number of amides is 3. The predicted molar refractivity (Wildman–Crippen MR) is 116 cm³/mol. The van der Waals surface area contributed by atoms with Crippen molar-refractivity contribution in [2.75, 3.05) is 18.4 Å². The minimum atomic E-state index is -0.252. The number of carbonyl (C=O) groups excluding carboxylic acids is 2. The van der Waals surface area contributed by atoms with E-state index in [-0.39, 0.29) is 29.8 Å². The summed E-state index contributed by atoms with van der Waals surface area (Å²) in [5, 5.41) is 10.2. The van der Waals surface area contributed by atoms with Crippen molar-refractivity contribution in [2.45, 2.75) is 46.6 Å². The van der Waals surface area contributed by atoms with E-state index in [1.807, 2.05) is 50.2 Å². The minimum Gasteiger partial charge on any atom is -0.334 e. The lowest BCUT2D eigenvalue weighted by atomic mass is 9.92. The summed E-state index contributed by atoms with van der Waals surface area (Å²) >= 11 is 0. The number of rotatable bonds is 7. The van der Waals surface area contributed by atoms with Gasteiger partial charge in [0, 0.05) is 31.6 Å². The molecule has 0 aliphatic rings. The SMILES string of the molecule is CC(C)CN(CC(=O)Nc1cc(C(C)(C)C)nn1C)C(=O)NCc1ccccc1. The summed E-state index contributed by atoms with van der Waals surface area (Å²) < 4.78 is 1.65. The van der Waals surface area contributed by atoms with Gasteiger partial charge in [0.25, 0.3) is 0 Å². The molecule has 7 nitrogen and oxygen atoms in total. The molecule has 0 radical (unpaired) electrons. The van der Waals surface area contributed by atoms with E-state index in [1.54, 1.807) is 16.6 Å². The second kappa shape index (κ2) is 9.58. The van der Waals surface area contributed by atoms with Gasteiger partial charge in [0.15, 0.2) is 0 Å². The van der Waals surface area contributed by atoms with Crippen molar-refractivity contribution < 1.29 is 9.59 Å². The van der Waals surface area contributed by atoms with Crippen molar-refractivity contribution in [3.8, 4) is 0 Å². The third-order valence-electron chi connectivity index (χ3n) is 4.41. The van der Waals surface area contributed by atoms with Crippen LogP contribution in [0.4, 0.5) is 10.6 Å². The quantitative estimate of drug-likeness (QED) is 0.748. The van der Waals surface area contributed by atoms with Gasteiger partial charge in [-0.2, -0.15) is 5.10 Å². The predicted octanol–water partition coefficient (Wildman–Crippen LogP) is 3.52. The zero-order valence-electron chi connectivity index (χ0n) is 18.3. The van der Waals surface area contributed by atoms with Gasteiger partial charge in [-0.25, -0.2) is 4.79 Å². The van der Waals surface area contributed by atoms with E-state index in [1.165, 1.54) is 0 Å². The Balaban J connectivity index is 2.00. The molecular formula is C22H33N5O2. The Morgan fingerprint density at radius 2 is 1.83 bits per heavy atom. The van der Waals surface area contributed by atoms with Crippen LogP contribution in [0, 0.1) is 5.92 Å². The number of nitrogens with one attached hydrogen (secondary N) is 2. The maximum atomic E-state index is 12.7. The Hall–Kier alpha value is -2.83. The van der Waals surface area contributed by atoms with Gasteiger partial charge in [0.2, 0.25) is 5.91 Å². The highest BCUT2D eigenvalue weighted by Gasteiger charge is 2.22. The monoisotopic (exact) mass is 399 g/mol. The summed E-state index contributed by atoms with van der Waals surface area (Å²) in [6.07, 6.45) is 0. The molecule has 0 spiro atoms. The lowest BCUT2D eigenvalue weighted by Crippen LogP contribution is -2.45. The highest BCUT2D eigenvalue weighted by atomic mass is 16.2. The molecule has 2 rings (SSSR count). The number of carbonyl (C=O) groups is 2. The van der Waals surface area contributed by atoms with Crippen molar-refractivity contribution in [3.05, 3.63) is 47.7 Å². The summed E-state index contributed by atoms with van der Waals surface area (Å²) in [6.45, 7) is 11.2. The van der Waals surface area contributed by atoms with Crippen molar-refractivity contribution in [1.29, 1.82) is 0 Å². The van der Waals surface area contributed by atoms with E-state index >= 15 is 0 Å². The average molecular weight is 400 g/mol. The van der Waals surface area contributed by atoms with E-state index in [0.717, 1.165) is 11.3 Å². The number of benzene rings is 1. The highest BCUT2D eigenvalue weighted by molar-refractivity contribution is 5.93. The van der Waals surface area contributed by atoms with Crippen molar-refractivity contribution in [2.24, 2.45) is 13.0 Å². The third kappa shape index (κ3) is 6.93. The summed E-state index contributed by atoms with van der Waals surface area (Å²) in [5.74, 6) is 0.618. The summed E-state index contributed by atoms with van der Waals surface area (Å²) in [7, 11) is 1.79. The zero-order chi connectivity index (χ0) is 21.6. The molecule has 0 saturated carbocycles. The maximum Gasteiger partial charge on any atom is 0.318 e. The molecule has 2 aromatic rings. The number of aryl methyl sites for hydroxylation is 1. The number of aromatic nitrogens is 2. The maximum absolute atomic E-state index is 12.7. The lowest BCUT2D eigenvalue weighted by molar-refractivity contribution is -0.116. The van der Waals surface area contributed by atoms with Crippen LogP contribution in [0.15, 0.2) is 36.4 Å². The Labute approximate surface area is 173 Å². The van der Waals surface area contributed by atoms with Gasteiger partial charge in [-0.15, -0.1) is 0 Å². The van der Waals surface area contributed by atoms with Gasteiger partial charge in [-0.05, 0) is 11.5 Å². The molecule has 0 aliphatic carbocycles. The van der Waals surface area contributed by atoms with Crippen LogP contribution in [0.3, 0.4) is 0 Å². The van der Waals surface area contributed by atoms with Gasteiger partial charge >= 0.3 is 6.03 Å². The van der Waals surface area contributed by atoms with E-state index in [2.05, 4.69) is 36.5 Å². The van der Waals surface area contributed by atoms with Crippen molar-refractivity contribution in [3.63, 3.8) is 0 Å². The van der Waals surface area contributed by atoms with Gasteiger partial charge in [-0.1, -0.05) is 65.0 Å². The fourth-order valence-corrected chi connectivity index (χ4v) is 2.85. The lowest BCUT2D eigenvalue weighted by Gasteiger charge is -2.24. The van der Waals surface area contributed by atoms with E-state index < -0.39 is 0 Å². The minimum absolute atomic E-state index is 0.0190. The summed E-state index contributed by atoms with van der Waals surface area (Å²) in [4.78, 5) is 26.8. The van der Waals surface area contributed by atoms with Crippen LogP contribution in [0.2, 0.25) is 0 Å². The Bertz CT molecular complexity index is 821. The van der Waals surface area contributed by atoms with Crippen LogP contribution in [0.25, 0.3) is 0 Å². The molecule has 0 aliphatic heterocycles. The summed E-state index contributed by atoms with van der Waals surface area (Å²) in [6, 6.07) is 11.3. The molecule has 0 fully saturated rings. The highest BCUT2D eigenvalue weighted by Crippen LogP contribution is 2.23. The fourth-order valence-electron chi connectivity index (χ4n) is 2.85. The average Bonchev–Trinajstić information content (AvgIpc) is 3.00. The molecule has 3 amide bonds. The van der Waals surface area contributed by atoms with Crippen molar-refractivity contribution in [1.82, 2.24) is 20.0 Å². The summed E-state index contributed by atoms with van der Waals surface area (Å²) in [5.41, 5.74) is 1.80. The van der Waals surface area contributed by atoms with Crippen LogP contribution in [-0.4, -0.2) is 39.7 Å². The third-order valence-corrected chi connectivity index (χ3v) is 4.41. The van der Waals surface area contributed by atoms with E-state index in [4.69, 9.17) is 0 Å².